The highest BCUT2D eigenvalue weighted by molar-refractivity contribution is 5.97. The van der Waals surface area contributed by atoms with E-state index >= 15 is 0 Å². The largest absolute Gasteiger partial charge is 0.454 e. The predicted octanol–water partition coefficient (Wildman–Crippen LogP) is 6.45. The molecule has 0 spiro atoms. The normalized spacial score (nSPS) is 18.0. The number of hydrogen-bond donors (Lipinski definition) is 1. The van der Waals surface area contributed by atoms with Crippen molar-refractivity contribution in [3.63, 3.8) is 0 Å². The Hall–Kier alpha value is -3.25. The van der Waals surface area contributed by atoms with Crippen LogP contribution in [-0.4, -0.2) is 30.4 Å². The lowest BCUT2D eigenvalue weighted by atomic mass is 9.92. The molecular formula is C31H32F2N2O2. The summed E-state index contributed by atoms with van der Waals surface area (Å²) < 4.78 is 33.1. The van der Waals surface area contributed by atoms with Gasteiger partial charge >= 0.3 is 0 Å². The van der Waals surface area contributed by atoms with Crippen LogP contribution in [0.1, 0.15) is 58.8 Å². The molecule has 2 saturated carbocycles. The van der Waals surface area contributed by atoms with Crippen LogP contribution in [0.15, 0.2) is 60.7 Å². The Kier molecular flexibility index (Phi) is 6.68. The van der Waals surface area contributed by atoms with E-state index in [0.29, 0.717) is 23.8 Å². The quantitative estimate of drug-likeness (QED) is 0.324. The van der Waals surface area contributed by atoms with E-state index in [1.54, 1.807) is 12.1 Å². The summed E-state index contributed by atoms with van der Waals surface area (Å²) in [6.07, 6.45) is 6.71. The van der Waals surface area contributed by atoms with Crippen LogP contribution in [0.2, 0.25) is 0 Å². The molecule has 6 rings (SSSR count). The van der Waals surface area contributed by atoms with Crippen molar-refractivity contribution in [2.24, 2.45) is 11.8 Å². The number of ether oxygens (including phenoxy) is 1. The zero-order chi connectivity index (χ0) is 25.4. The second kappa shape index (κ2) is 10.3. The molecule has 1 heterocycles. The molecule has 2 fully saturated rings. The second-order valence-electron chi connectivity index (χ2n) is 10.7. The minimum absolute atomic E-state index is 0.0142. The minimum Gasteiger partial charge on any atom is -0.454 e. The summed E-state index contributed by atoms with van der Waals surface area (Å²) >= 11 is 0. The molecule has 4 nitrogen and oxygen atoms in total. The fourth-order valence-electron chi connectivity index (χ4n) is 5.40. The fraction of sp³-hybridized carbons (Fsp3) is 0.387. The first-order chi connectivity index (χ1) is 18.0. The lowest BCUT2D eigenvalue weighted by molar-refractivity contribution is 0.0632. The molecule has 6 heteroatoms. The number of hydrogen-bond acceptors (Lipinski definition) is 3. The molecule has 0 saturated heterocycles. The molecule has 1 N–H and O–H groups in total. The highest BCUT2D eigenvalue weighted by atomic mass is 19.1. The molecule has 1 atom stereocenters. The molecule has 3 aliphatic rings. The highest BCUT2D eigenvalue weighted by Crippen LogP contribution is 2.46. The van der Waals surface area contributed by atoms with E-state index < -0.39 is 11.6 Å². The maximum absolute atomic E-state index is 14.1. The number of carbonyl (C=O) groups excluding carboxylic acids is 1. The van der Waals surface area contributed by atoms with Crippen LogP contribution in [0.25, 0.3) is 0 Å². The molecular weight excluding hydrogens is 470 g/mol. The molecule has 1 amide bonds. The van der Waals surface area contributed by atoms with Crippen LogP contribution < -0.4 is 10.1 Å². The van der Waals surface area contributed by atoms with E-state index in [1.807, 2.05) is 11.0 Å². The van der Waals surface area contributed by atoms with Gasteiger partial charge in [-0.25, -0.2) is 8.78 Å². The minimum atomic E-state index is -0.776. The first-order valence-corrected chi connectivity index (χ1v) is 13.4. The maximum Gasteiger partial charge on any atom is 0.254 e. The Bertz CT molecular complexity index is 1300. The number of benzene rings is 3. The van der Waals surface area contributed by atoms with Gasteiger partial charge in [0.25, 0.3) is 5.91 Å². The number of amides is 1. The van der Waals surface area contributed by atoms with E-state index in [9.17, 15) is 13.6 Å². The summed E-state index contributed by atoms with van der Waals surface area (Å²) in [5, 5.41) is 3.57. The van der Waals surface area contributed by atoms with E-state index in [2.05, 4.69) is 29.6 Å². The van der Waals surface area contributed by atoms with Crippen molar-refractivity contribution in [1.29, 1.82) is 0 Å². The van der Waals surface area contributed by atoms with Crippen LogP contribution in [0.3, 0.4) is 0 Å². The summed E-state index contributed by atoms with van der Waals surface area (Å²) in [4.78, 5) is 15.8. The smallest absolute Gasteiger partial charge is 0.254 e. The number of carbonyl (C=O) groups is 1. The first kappa shape index (κ1) is 24.1. The maximum atomic E-state index is 14.1. The molecule has 3 aromatic rings. The van der Waals surface area contributed by atoms with Gasteiger partial charge in [-0.3, -0.25) is 4.79 Å². The number of nitrogens with one attached hydrogen (secondary N) is 1. The summed E-state index contributed by atoms with van der Waals surface area (Å²) in [5.41, 5.74) is 4.07. The van der Waals surface area contributed by atoms with Crippen LogP contribution in [0, 0.1) is 23.5 Å². The zero-order valence-electron chi connectivity index (χ0n) is 20.9. The third kappa shape index (κ3) is 5.54. The lowest BCUT2D eigenvalue weighted by Gasteiger charge is -2.36. The summed E-state index contributed by atoms with van der Waals surface area (Å²) in [5.74, 6) is 0.192. The van der Waals surface area contributed by atoms with E-state index in [4.69, 9.17) is 4.74 Å². The molecule has 1 aliphatic heterocycles. The predicted molar refractivity (Wildman–Crippen MR) is 139 cm³/mol. The number of nitrogens with zero attached hydrogens (tertiary/aromatic N) is 1. The summed E-state index contributed by atoms with van der Waals surface area (Å²) in [7, 11) is 0. The molecule has 0 aromatic heterocycles. The van der Waals surface area contributed by atoms with Crippen molar-refractivity contribution in [2.75, 3.05) is 19.6 Å². The Morgan fingerprint density at radius 3 is 2.65 bits per heavy atom. The van der Waals surface area contributed by atoms with Crippen LogP contribution in [-0.2, 0) is 12.8 Å². The Balaban J connectivity index is 1.20. The third-order valence-electron chi connectivity index (χ3n) is 7.73. The molecule has 37 heavy (non-hydrogen) atoms. The Morgan fingerprint density at radius 2 is 1.86 bits per heavy atom. The van der Waals surface area contributed by atoms with Gasteiger partial charge in [-0.15, -0.1) is 0 Å². The van der Waals surface area contributed by atoms with Crippen LogP contribution >= 0.6 is 0 Å². The topological polar surface area (TPSA) is 41.6 Å². The zero-order valence-corrected chi connectivity index (χ0v) is 20.9. The Labute approximate surface area is 216 Å². The molecule has 0 radical (unpaired) electrons. The average molecular weight is 503 g/mol. The van der Waals surface area contributed by atoms with Gasteiger partial charge in [-0.1, -0.05) is 30.3 Å². The fourth-order valence-corrected chi connectivity index (χ4v) is 5.40. The third-order valence-corrected chi connectivity index (χ3v) is 7.73. The van der Waals surface area contributed by atoms with Gasteiger partial charge in [0.15, 0.2) is 11.6 Å². The SMILES string of the molecule is O=C1c2cc(Oc3ccc(F)cc3F)ccc2CCN1[C@@H](c1cccc(CCNCC2CC2)c1)C1CC1. The van der Waals surface area contributed by atoms with Crippen LogP contribution in [0.4, 0.5) is 8.78 Å². The average Bonchev–Trinajstić information content (AvgIpc) is 3.82. The van der Waals surface area contributed by atoms with Crippen molar-refractivity contribution in [2.45, 2.75) is 44.6 Å². The van der Waals surface area contributed by atoms with E-state index in [1.165, 1.54) is 30.0 Å². The van der Waals surface area contributed by atoms with Gasteiger partial charge < -0.3 is 15.0 Å². The van der Waals surface area contributed by atoms with Crippen molar-refractivity contribution >= 4 is 5.91 Å². The van der Waals surface area contributed by atoms with E-state index in [-0.39, 0.29) is 17.7 Å². The van der Waals surface area contributed by atoms with Crippen molar-refractivity contribution in [3.05, 3.63) is 94.6 Å². The van der Waals surface area contributed by atoms with Gasteiger partial charge in [0.05, 0.1) is 6.04 Å². The number of halogens is 2. The van der Waals surface area contributed by atoms with Gasteiger partial charge in [0.2, 0.25) is 0 Å². The second-order valence-corrected chi connectivity index (χ2v) is 10.7. The van der Waals surface area contributed by atoms with Gasteiger partial charge in [0, 0.05) is 18.2 Å². The number of rotatable bonds is 10. The van der Waals surface area contributed by atoms with E-state index in [0.717, 1.165) is 62.4 Å². The first-order valence-electron chi connectivity index (χ1n) is 13.4. The Morgan fingerprint density at radius 1 is 1.00 bits per heavy atom. The molecule has 2 aliphatic carbocycles. The highest BCUT2D eigenvalue weighted by Gasteiger charge is 2.40. The van der Waals surface area contributed by atoms with Crippen molar-refractivity contribution < 1.29 is 18.3 Å². The molecule has 3 aromatic carbocycles. The van der Waals surface area contributed by atoms with Crippen molar-refractivity contribution in [3.8, 4) is 11.5 Å². The lowest BCUT2D eigenvalue weighted by Crippen LogP contribution is -2.41. The van der Waals surface area contributed by atoms with Crippen molar-refractivity contribution in [1.82, 2.24) is 10.2 Å². The standard InChI is InChI=1S/C31H32F2N2O2/c32-25-9-11-29(28(33)17-25)37-26-10-8-22-13-15-35(31(36)27(22)18-26)30(23-6-7-23)24-3-1-2-20(16-24)12-14-34-19-21-4-5-21/h1-3,8-11,16-18,21,23,30,34H,4-7,12-15,19H2/t30-/m1/s1. The molecule has 0 unspecified atom stereocenters. The summed E-state index contributed by atoms with van der Waals surface area (Å²) in [6.45, 7) is 2.76. The molecule has 192 valence electrons. The monoisotopic (exact) mass is 502 g/mol. The number of fused-ring (bicyclic) bond motifs is 1. The molecule has 0 bridgehead atoms. The van der Waals surface area contributed by atoms with Crippen LogP contribution in [0.5, 0.6) is 11.5 Å². The van der Waals surface area contributed by atoms with Gasteiger partial charge in [-0.2, -0.15) is 0 Å². The van der Waals surface area contributed by atoms with Gasteiger partial charge in [-0.05, 0) is 104 Å². The van der Waals surface area contributed by atoms with Gasteiger partial charge in [0.1, 0.15) is 11.6 Å². The summed E-state index contributed by atoms with van der Waals surface area (Å²) in [6, 6.07) is 17.3.